The number of nitrogens with zero attached hydrogens (tertiary/aromatic N) is 2. The largest absolute Gasteiger partial charge is 0.417 e. The van der Waals surface area contributed by atoms with Crippen molar-refractivity contribution in [2.75, 3.05) is 11.9 Å². The van der Waals surface area contributed by atoms with Crippen LogP contribution in [-0.4, -0.2) is 16.5 Å². The van der Waals surface area contributed by atoms with E-state index in [9.17, 15) is 17.6 Å². The Morgan fingerprint density at radius 3 is 2.62 bits per heavy atom. The summed E-state index contributed by atoms with van der Waals surface area (Å²) in [7, 11) is 0. The van der Waals surface area contributed by atoms with Crippen LogP contribution in [0.25, 0.3) is 11.4 Å². The summed E-state index contributed by atoms with van der Waals surface area (Å²) in [4.78, 5) is 7.85. The van der Waals surface area contributed by atoms with Crippen LogP contribution in [0.15, 0.2) is 28.9 Å². The van der Waals surface area contributed by atoms with E-state index >= 15 is 0 Å². The second-order valence-corrected chi connectivity index (χ2v) is 4.96. The van der Waals surface area contributed by atoms with E-state index in [0.717, 1.165) is 12.1 Å². The minimum absolute atomic E-state index is 0.194. The number of aromatic nitrogens is 2. The van der Waals surface area contributed by atoms with Crippen molar-refractivity contribution in [3.05, 3.63) is 40.2 Å². The average molecular weight is 364 g/mol. The summed E-state index contributed by atoms with van der Waals surface area (Å²) in [6.07, 6.45) is -3.29. The van der Waals surface area contributed by atoms with Crippen LogP contribution < -0.4 is 5.32 Å². The molecule has 2 aromatic rings. The van der Waals surface area contributed by atoms with Gasteiger partial charge in [-0.3, -0.25) is 0 Å². The zero-order chi connectivity index (χ0) is 15.6. The number of alkyl halides is 3. The number of nitrogens with one attached hydrogen (secondary N) is 1. The maximum absolute atomic E-state index is 13.3. The van der Waals surface area contributed by atoms with Gasteiger partial charge in [-0.2, -0.15) is 13.2 Å². The van der Waals surface area contributed by atoms with Crippen molar-refractivity contribution >= 4 is 21.7 Å². The third-order valence-corrected chi connectivity index (χ3v) is 3.20. The molecule has 0 aliphatic heterocycles. The number of hydrogen-bond acceptors (Lipinski definition) is 3. The van der Waals surface area contributed by atoms with Crippen LogP contribution in [-0.2, 0) is 6.18 Å². The minimum Gasteiger partial charge on any atom is -0.369 e. The summed E-state index contributed by atoms with van der Waals surface area (Å²) >= 11 is 3.19. The van der Waals surface area contributed by atoms with Crippen LogP contribution in [0.5, 0.6) is 0 Å². The van der Waals surface area contributed by atoms with E-state index in [0.29, 0.717) is 22.9 Å². The Kier molecular flexibility index (Phi) is 4.46. The molecule has 21 heavy (non-hydrogen) atoms. The third kappa shape index (κ3) is 3.49. The smallest absolute Gasteiger partial charge is 0.369 e. The van der Waals surface area contributed by atoms with Crippen LogP contribution >= 0.6 is 15.9 Å². The highest BCUT2D eigenvalue weighted by molar-refractivity contribution is 9.10. The molecule has 0 aliphatic rings. The molecule has 112 valence electrons. The van der Waals surface area contributed by atoms with Crippen molar-refractivity contribution in [1.82, 2.24) is 9.97 Å². The van der Waals surface area contributed by atoms with Crippen molar-refractivity contribution in [3.8, 4) is 11.4 Å². The summed E-state index contributed by atoms with van der Waals surface area (Å²) in [5.41, 5.74) is -1.37. The van der Waals surface area contributed by atoms with Gasteiger partial charge in [-0.1, -0.05) is 0 Å². The molecule has 0 aliphatic carbocycles. The summed E-state index contributed by atoms with van der Waals surface area (Å²) in [5.74, 6) is -0.629. The molecule has 0 spiro atoms. The Morgan fingerprint density at radius 1 is 1.29 bits per heavy atom. The zero-order valence-electron chi connectivity index (χ0n) is 10.8. The van der Waals surface area contributed by atoms with E-state index in [1.54, 1.807) is 0 Å². The predicted molar refractivity (Wildman–Crippen MR) is 74.3 cm³/mol. The van der Waals surface area contributed by atoms with E-state index in [-0.39, 0.29) is 5.82 Å². The molecule has 1 aromatic heterocycles. The van der Waals surface area contributed by atoms with Crippen molar-refractivity contribution < 1.29 is 17.6 Å². The molecule has 1 heterocycles. The van der Waals surface area contributed by atoms with Gasteiger partial charge in [0.1, 0.15) is 11.6 Å². The Labute approximate surface area is 126 Å². The van der Waals surface area contributed by atoms with E-state index in [1.807, 2.05) is 6.92 Å². The molecule has 0 bridgehead atoms. The minimum atomic E-state index is -4.61. The molecule has 0 atom stereocenters. The number of anilines is 1. The Morgan fingerprint density at radius 2 is 2.00 bits per heavy atom. The van der Waals surface area contributed by atoms with Gasteiger partial charge in [-0.25, -0.2) is 14.4 Å². The lowest BCUT2D eigenvalue weighted by molar-refractivity contribution is -0.137. The van der Waals surface area contributed by atoms with Crippen molar-refractivity contribution in [2.24, 2.45) is 0 Å². The lowest BCUT2D eigenvalue weighted by atomic mass is 10.1. The number of benzene rings is 1. The van der Waals surface area contributed by atoms with E-state index in [2.05, 4.69) is 31.2 Å². The highest BCUT2D eigenvalue weighted by Crippen LogP contribution is 2.37. The van der Waals surface area contributed by atoms with Gasteiger partial charge >= 0.3 is 6.18 Å². The van der Waals surface area contributed by atoms with E-state index < -0.39 is 23.1 Å². The molecular weight excluding hydrogens is 354 g/mol. The van der Waals surface area contributed by atoms with Gasteiger partial charge < -0.3 is 5.32 Å². The second kappa shape index (κ2) is 5.97. The Hall–Kier alpha value is -1.70. The fourth-order valence-electron chi connectivity index (χ4n) is 1.74. The second-order valence-electron chi connectivity index (χ2n) is 4.11. The molecular formula is C13H10BrF4N3. The fraction of sp³-hybridized carbons (Fsp3) is 0.231. The first kappa shape index (κ1) is 15.7. The van der Waals surface area contributed by atoms with E-state index in [1.165, 1.54) is 6.20 Å². The highest BCUT2D eigenvalue weighted by Gasteiger charge is 2.34. The summed E-state index contributed by atoms with van der Waals surface area (Å²) < 4.78 is 52.8. The van der Waals surface area contributed by atoms with Gasteiger partial charge in [0.05, 0.1) is 10.0 Å². The number of hydrogen-bond donors (Lipinski definition) is 1. The number of rotatable bonds is 3. The third-order valence-electron chi connectivity index (χ3n) is 2.62. The van der Waals surface area contributed by atoms with Gasteiger partial charge in [0, 0.05) is 18.3 Å². The van der Waals surface area contributed by atoms with Crippen LogP contribution in [0.1, 0.15) is 12.5 Å². The van der Waals surface area contributed by atoms with Gasteiger partial charge in [0.15, 0.2) is 5.82 Å². The molecule has 8 heteroatoms. The first-order valence-corrected chi connectivity index (χ1v) is 6.75. The van der Waals surface area contributed by atoms with Gasteiger partial charge in [-0.15, -0.1) is 0 Å². The maximum Gasteiger partial charge on any atom is 0.417 e. The van der Waals surface area contributed by atoms with Crippen LogP contribution in [0.2, 0.25) is 0 Å². The molecule has 0 saturated carbocycles. The monoisotopic (exact) mass is 363 g/mol. The molecule has 3 nitrogen and oxygen atoms in total. The lowest BCUT2D eigenvalue weighted by Crippen LogP contribution is -2.09. The van der Waals surface area contributed by atoms with Crippen LogP contribution in [0.3, 0.4) is 0 Å². The standard InChI is InChI=1S/C13H10BrF4N3/c1-2-19-12-10(14)6-20-11(21-12)8-5-7(15)3-4-9(8)13(16,17)18/h3-6H,2H2,1H3,(H,19,20,21). The molecule has 2 rings (SSSR count). The first-order valence-electron chi connectivity index (χ1n) is 5.96. The molecule has 0 radical (unpaired) electrons. The molecule has 1 N–H and O–H groups in total. The Balaban J connectivity index is 2.61. The zero-order valence-corrected chi connectivity index (χ0v) is 12.4. The summed E-state index contributed by atoms with van der Waals surface area (Å²) in [6, 6.07) is 2.22. The molecule has 0 amide bonds. The van der Waals surface area contributed by atoms with E-state index in [4.69, 9.17) is 0 Å². The molecule has 1 aromatic carbocycles. The summed E-state index contributed by atoms with van der Waals surface area (Å²) in [5, 5.41) is 2.89. The molecule has 0 saturated heterocycles. The first-order chi connectivity index (χ1) is 9.82. The average Bonchev–Trinajstić information content (AvgIpc) is 2.40. The van der Waals surface area contributed by atoms with Gasteiger partial charge in [0.2, 0.25) is 0 Å². The topological polar surface area (TPSA) is 37.8 Å². The SMILES string of the molecule is CCNc1nc(-c2cc(F)ccc2C(F)(F)F)ncc1Br. The van der Waals surface area contributed by atoms with Gasteiger partial charge in [0.25, 0.3) is 0 Å². The van der Waals surface area contributed by atoms with Crippen LogP contribution in [0.4, 0.5) is 23.4 Å². The van der Waals surface area contributed by atoms with Crippen LogP contribution in [0, 0.1) is 5.82 Å². The summed E-state index contributed by atoms with van der Waals surface area (Å²) in [6.45, 7) is 2.35. The van der Waals surface area contributed by atoms with Gasteiger partial charge in [-0.05, 0) is 41.1 Å². The van der Waals surface area contributed by atoms with Crippen molar-refractivity contribution in [3.63, 3.8) is 0 Å². The Bertz CT molecular complexity index is 658. The predicted octanol–water partition coefficient (Wildman–Crippen LogP) is 4.50. The molecule has 0 unspecified atom stereocenters. The lowest BCUT2D eigenvalue weighted by Gasteiger charge is -2.13. The highest BCUT2D eigenvalue weighted by atomic mass is 79.9. The maximum atomic E-state index is 13.3. The normalized spacial score (nSPS) is 11.5. The molecule has 0 fully saturated rings. The van der Waals surface area contributed by atoms with Crippen molar-refractivity contribution in [1.29, 1.82) is 0 Å². The quantitative estimate of drug-likeness (QED) is 0.816. The van der Waals surface area contributed by atoms with Crippen molar-refractivity contribution in [2.45, 2.75) is 13.1 Å². The number of halogens is 5. The fourth-order valence-corrected chi connectivity index (χ4v) is 2.07.